The van der Waals surface area contributed by atoms with Crippen LogP contribution in [0.4, 0.5) is 5.69 Å². The molecule has 0 bridgehead atoms. The lowest BCUT2D eigenvalue weighted by molar-refractivity contribution is 1.27. The molecule has 2 aromatic rings. The fourth-order valence-corrected chi connectivity index (χ4v) is 1.46. The highest BCUT2D eigenvalue weighted by Gasteiger charge is 2.07. The van der Waals surface area contributed by atoms with Gasteiger partial charge in [-0.2, -0.15) is 5.26 Å². The number of rotatable bonds is 1. The van der Waals surface area contributed by atoms with Gasteiger partial charge < -0.3 is 0 Å². The van der Waals surface area contributed by atoms with Gasteiger partial charge in [0.1, 0.15) is 0 Å². The highest BCUT2D eigenvalue weighted by atomic mass is 14.7. The average Bonchev–Trinajstić information content (AvgIpc) is 2.45. The quantitative estimate of drug-likeness (QED) is 0.693. The summed E-state index contributed by atoms with van der Waals surface area (Å²) in [6.07, 6.45) is 1.27. The lowest BCUT2D eigenvalue weighted by Crippen LogP contribution is -1.88. The van der Waals surface area contributed by atoms with Crippen molar-refractivity contribution in [3.63, 3.8) is 0 Å². The fourth-order valence-electron chi connectivity index (χ4n) is 1.46. The van der Waals surface area contributed by atoms with Gasteiger partial charge in [0.2, 0.25) is 0 Å². The molecule has 0 atom stereocenters. The van der Waals surface area contributed by atoms with Gasteiger partial charge in [0.05, 0.1) is 23.9 Å². The summed E-state index contributed by atoms with van der Waals surface area (Å²) in [6.45, 7) is 4.79. The van der Waals surface area contributed by atoms with E-state index in [0.29, 0.717) is 22.5 Å². The summed E-state index contributed by atoms with van der Waals surface area (Å²) < 4.78 is 21.9. The molecule has 0 fully saturated rings. The molecule has 3 heteroatoms. The summed E-state index contributed by atoms with van der Waals surface area (Å²) in [5, 5.41) is 9.08. The van der Waals surface area contributed by atoms with Gasteiger partial charge in [-0.15, -0.1) is 0 Å². The monoisotopic (exact) mass is 222 g/mol. The molecule has 2 rings (SSSR count). The highest BCUT2D eigenvalue weighted by molar-refractivity contribution is 5.72. The van der Waals surface area contributed by atoms with Crippen molar-refractivity contribution < 1.29 is 4.11 Å². The van der Waals surface area contributed by atoms with Crippen LogP contribution in [0, 0.1) is 24.8 Å². The zero-order valence-corrected chi connectivity index (χ0v) is 8.81. The van der Waals surface area contributed by atoms with E-state index in [4.69, 9.17) is 15.9 Å². The molecule has 1 aromatic heterocycles. The Balaban J connectivity index is 2.52. The van der Waals surface area contributed by atoms with Crippen LogP contribution in [0.5, 0.6) is 0 Å². The first-order valence-electron chi connectivity index (χ1n) is 6.34. The van der Waals surface area contributed by atoms with Crippen LogP contribution in [0.2, 0.25) is 0 Å². The Bertz CT molecular complexity index is 719. The number of aryl methyl sites for hydroxylation is 1. The van der Waals surface area contributed by atoms with Gasteiger partial charge in [0, 0.05) is 15.9 Å². The number of hydrogen-bond acceptors (Lipinski definition) is 2. The van der Waals surface area contributed by atoms with Crippen molar-refractivity contribution in [1.29, 1.82) is 5.26 Å². The molecule has 0 N–H and O–H groups in total. The summed E-state index contributed by atoms with van der Waals surface area (Å²) >= 11 is 0. The van der Waals surface area contributed by atoms with Crippen LogP contribution in [0.15, 0.2) is 36.5 Å². The van der Waals surface area contributed by atoms with Crippen LogP contribution in [-0.2, 0) is 0 Å². The molecule has 0 spiro atoms. The van der Waals surface area contributed by atoms with Crippen molar-refractivity contribution >= 4 is 5.69 Å². The molecule has 0 amide bonds. The number of nitriles is 1. The van der Waals surface area contributed by atoms with Gasteiger partial charge >= 0.3 is 0 Å². The van der Waals surface area contributed by atoms with Crippen LogP contribution < -0.4 is 0 Å². The second-order valence-electron chi connectivity index (χ2n) is 3.39. The van der Waals surface area contributed by atoms with E-state index in [-0.39, 0.29) is 5.56 Å². The SMILES string of the molecule is [2H]C([2H])([2H])c1ccc(-c2cc([N+]#[C-])ccc2C#N)nc1. The van der Waals surface area contributed by atoms with Crippen molar-refractivity contribution in [3.8, 4) is 17.3 Å². The van der Waals surface area contributed by atoms with Crippen molar-refractivity contribution in [1.82, 2.24) is 4.98 Å². The van der Waals surface area contributed by atoms with E-state index in [1.807, 2.05) is 6.07 Å². The number of nitrogens with zero attached hydrogens (tertiary/aromatic N) is 3. The van der Waals surface area contributed by atoms with E-state index in [9.17, 15) is 0 Å². The molecule has 17 heavy (non-hydrogen) atoms. The molecule has 0 aliphatic carbocycles. The largest absolute Gasteiger partial charge is 0.256 e. The molecule has 0 radical (unpaired) electrons. The average molecular weight is 222 g/mol. The first kappa shape index (κ1) is 7.60. The normalized spacial score (nSPS) is 12.7. The molecule has 0 aliphatic rings. The smallest absolute Gasteiger partial charge is 0.188 e. The molecule has 0 unspecified atom stereocenters. The van der Waals surface area contributed by atoms with Crippen LogP contribution in [-0.4, -0.2) is 4.98 Å². The first-order chi connectivity index (χ1) is 9.45. The molecule has 1 aromatic carbocycles. The van der Waals surface area contributed by atoms with Gasteiger partial charge in [0.15, 0.2) is 5.69 Å². The standard InChI is InChI=1S/C14H9N3/c1-10-3-6-14(17-9-10)13-7-12(16-2)5-4-11(13)8-15/h3-7,9H,1H3/i1D3. The second kappa shape index (κ2) is 4.47. The summed E-state index contributed by atoms with van der Waals surface area (Å²) in [4.78, 5) is 7.40. The minimum absolute atomic E-state index is 0.140. The molecule has 3 nitrogen and oxygen atoms in total. The van der Waals surface area contributed by atoms with Crippen LogP contribution >= 0.6 is 0 Å². The van der Waals surface area contributed by atoms with Gasteiger partial charge in [-0.05, 0) is 24.5 Å². The summed E-state index contributed by atoms with van der Waals surface area (Å²) in [5.41, 5.74) is 1.94. The molecule has 0 saturated carbocycles. The predicted molar refractivity (Wildman–Crippen MR) is 65.4 cm³/mol. The lowest BCUT2D eigenvalue weighted by Gasteiger charge is -2.04. The maximum absolute atomic E-state index is 9.08. The third-order valence-electron chi connectivity index (χ3n) is 2.29. The Morgan fingerprint density at radius 2 is 2.29 bits per heavy atom. The highest BCUT2D eigenvalue weighted by Crippen LogP contribution is 2.26. The second-order valence-corrected chi connectivity index (χ2v) is 3.39. The van der Waals surface area contributed by atoms with Crippen LogP contribution in [0.25, 0.3) is 16.1 Å². The molecular weight excluding hydrogens is 210 g/mol. The Hall–Kier alpha value is -2.65. The van der Waals surface area contributed by atoms with Crippen LogP contribution in [0.1, 0.15) is 15.2 Å². The Morgan fingerprint density at radius 1 is 1.41 bits per heavy atom. The minimum atomic E-state index is -2.21. The van der Waals surface area contributed by atoms with Crippen molar-refractivity contribution in [2.75, 3.05) is 0 Å². The van der Waals surface area contributed by atoms with E-state index in [1.165, 1.54) is 12.3 Å². The zero-order chi connectivity index (χ0) is 14.8. The maximum atomic E-state index is 9.08. The maximum Gasteiger partial charge on any atom is 0.188 e. The Morgan fingerprint density at radius 3 is 2.88 bits per heavy atom. The zero-order valence-electron chi connectivity index (χ0n) is 11.8. The van der Waals surface area contributed by atoms with E-state index < -0.39 is 6.85 Å². The van der Waals surface area contributed by atoms with Crippen molar-refractivity contribution in [2.45, 2.75) is 6.85 Å². The molecule has 80 valence electrons. The van der Waals surface area contributed by atoms with Crippen molar-refractivity contribution in [3.05, 3.63) is 59.1 Å². The first-order valence-corrected chi connectivity index (χ1v) is 4.84. The van der Waals surface area contributed by atoms with E-state index in [0.717, 1.165) is 0 Å². The number of hydrogen-bond donors (Lipinski definition) is 0. The molecule has 1 heterocycles. The molecule has 0 saturated heterocycles. The topological polar surface area (TPSA) is 41.0 Å². The van der Waals surface area contributed by atoms with Gasteiger partial charge in [-0.25, -0.2) is 4.85 Å². The number of benzene rings is 1. The van der Waals surface area contributed by atoms with Crippen LogP contribution in [0.3, 0.4) is 0 Å². The Kier molecular flexibility index (Phi) is 2.00. The van der Waals surface area contributed by atoms with E-state index in [2.05, 4.69) is 9.83 Å². The summed E-state index contributed by atoms with van der Waals surface area (Å²) in [6, 6.07) is 9.73. The minimum Gasteiger partial charge on any atom is -0.256 e. The van der Waals surface area contributed by atoms with Gasteiger partial charge in [-0.1, -0.05) is 18.2 Å². The number of pyridine rings is 1. The fraction of sp³-hybridized carbons (Fsp3) is 0.0714. The van der Waals surface area contributed by atoms with E-state index >= 15 is 0 Å². The van der Waals surface area contributed by atoms with Gasteiger partial charge in [-0.3, -0.25) is 4.98 Å². The Labute approximate surface area is 104 Å². The molecule has 0 aliphatic heterocycles. The predicted octanol–water partition coefficient (Wildman–Crippen LogP) is 3.48. The van der Waals surface area contributed by atoms with Gasteiger partial charge in [0.25, 0.3) is 0 Å². The van der Waals surface area contributed by atoms with E-state index in [1.54, 1.807) is 24.3 Å². The third kappa shape index (κ3) is 2.14. The molecular formula is C14H9N3. The third-order valence-corrected chi connectivity index (χ3v) is 2.29. The van der Waals surface area contributed by atoms with Crippen molar-refractivity contribution in [2.24, 2.45) is 0 Å². The summed E-state index contributed by atoms with van der Waals surface area (Å²) in [7, 11) is 0. The lowest BCUT2D eigenvalue weighted by atomic mass is 10.0. The number of aromatic nitrogens is 1. The summed E-state index contributed by atoms with van der Waals surface area (Å²) in [5.74, 6) is 0.